The molecule has 0 aromatic heterocycles. The van der Waals surface area contributed by atoms with Crippen molar-refractivity contribution < 1.29 is 18.3 Å². The summed E-state index contributed by atoms with van der Waals surface area (Å²) in [6.07, 6.45) is 4.44. The Balaban J connectivity index is 1.74. The molecule has 2 N–H and O–H groups in total. The molecule has 1 saturated carbocycles. The van der Waals surface area contributed by atoms with Crippen molar-refractivity contribution in [3.63, 3.8) is 0 Å². The standard InChI is InChI=1S/C14H18F2N2O2/c15-14(16)20-12-7-5-10(6-8-12)17-9-13(19)18-11-3-1-2-4-11/h5-8,11,14,17H,1-4,9H2,(H,18,19). The molecule has 2 rings (SSSR count). The minimum absolute atomic E-state index is 0.0511. The summed E-state index contributed by atoms with van der Waals surface area (Å²) in [6, 6.07) is 6.36. The first kappa shape index (κ1) is 14.6. The lowest BCUT2D eigenvalue weighted by Crippen LogP contribution is -2.36. The summed E-state index contributed by atoms with van der Waals surface area (Å²) in [7, 11) is 0. The third kappa shape index (κ3) is 4.68. The van der Waals surface area contributed by atoms with Crippen molar-refractivity contribution in [1.29, 1.82) is 0 Å². The van der Waals surface area contributed by atoms with Crippen molar-refractivity contribution in [1.82, 2.24) is 5.32 Å². The highest BCUT2D eigenvalue weighted by Crippen LogP contribution is 2.18. The van der Waals surface area contributed by atoms with Crippen LogP contribution in [0.25, 0.3) is 0 Å². The van der Waals surface area contributed by atoms with E-state index in [4.69, 9.17) is 0 Å². The van der Waals surface area contributed by atoms with E-state index in [0.29, 0.717) is 11.7 Å². The molecular weight excluding hydrogens is 266 g/mol. The molecule has 20 heavy (non-hydrogen) atoms. The highest BCUT2D eigenvalue weighted by Gasteiger charge is 2.16. The first-order valence-corrected chi connectivity index (χ1v) is 6.71. The van der Waals surface area contributed by atoms with E-state index in [1.807, 2.05) is 0 Å². The smallest absolute Gasteiger partial charge is 0.387 e. The fourth-order valence-corrected chi connectivity index (χ4v) is 2.29. The Morgan fingerprint density at radius 2 is 1.90 bits per heavy atom. The van der Waals surface area contributed by atoms with Crippen molar-refractivity contribution in [3.8, 4) is 5.75 Å². The summed E-state index contributed by atoms with van der Waals surface area (Å²) in [6.45, 7) is -2.66. The zero-order chi connectivity index (χ0) is 14.4. The van der Waals surface area contributed by atoms with Gasteiger partial charge in [-0.3, -0.25) is 4.79 Å². The number of hydrogen-bond acceptors (Lipinski definition) is 3. The van der Waals surface area contributed by atoms with Gasteiger partial charge < -0.3 is 15.4 Å². The van der Waals surface area contributed by atoms with E-state index in [1.165, 1.54) is 25.0 Å². The number of rotatable bonds is 6. The fourth-order valence-electron chi connectivity index (χ4n) is 2.29. The van der Waals surface area contributed by atoms with Crippen LogP contribution in [0.2, 0.25) is 0 Å². The molecule has 1 fully saturated rings. The highest BCUT2D eigenvalue weighted by atomic mass is 19.3. The maximum absolute atomic E-state index is 12.0. The van der Waals surface area contributed by atoms with Gasteiger partial charge in [0.15, 0.2) is 0 Å². The molecule has 0 spiro atoms. The Hall–Kier alpha value is -1.85. The van der Waals surface area contributed by atoms with Gasteiger partial charge in [0.2, 0.25) is 5.91 Å². The molecule has 1 aromatic rings. The largest absolute Gasteiger partial charge is 0.435 e. The van der Waals surface area contributed by atoms with Gasteiger partial charge in [-0.1, -0.05) is 12.8 Å². The van der Waals surface area contributed by atoms with Gasteiger partial charge in [0, 0.05) is 11.7 Å². The molecular formula is C14H18F2N2O2. The molecule has 1 aromatic carbocycles. The summed E-state index contributed by atoms with van der Waals surface area (Å²) < 4.78 is 28.2. The Morgan fingerprint density at radius 3 is 2.50 bits per heavy atom. The van der Waals surface area contributed by atoms with Crippen LogP contribution in [0, 0.1) is 0 Å². The zero-order valence-corrected chi connectivity index (χ0v) is 11.1. The predicted octanol–water partition coefficient (Wildman–Crippen LogP) is 2.76. The second-order valence-corrected chi connectivity index (χ2v) is 4.81. The van der Waals surface area contributed by atoms with E-state index >= 15 is 0 Å². The average Bonchev–Trinajstić information content (AvgIpc) is 2.90. The van der Waals surface area contributed by atoms with Crippen molar-refractivity contribution >= 4 is 11.6 Å². The molecule has 110 valence electrons. The third-order valence-corrected chi connectivity index (χ3v) is 3.25. The first-order valence-electron chi connectivity index (χ1n) is 6.71. The van der Waals surface area contributed by atoms with Crippen molar-refractivity contribution in [2.24, 2.45) is 0 Å². The molecule has 1 amide bonds. The second-order valence-electron chi connectivity index (χ2n) is 4.81. The van der Waals surface area contributed by atoms with Crippen LogP contribution in [0.1, 0.15) is 25.7 Å². The summed E-state index contributed by atoms with van der Waals surface area (Å²) >= 11 is 0. The number of halogens is 2. The lowest BCUT2D eigenvalue weighted by molar-refractivity contribution is -0.120. The number of amides is 1. The normalized spacial score (nSPS) is 15.3. The lowest BCUT2D eigenvalue weighted by atomic mass is 10.2. The van der Waals surface area contributed by atoms with Crippen LogP contribution in [0.15, 0.2) is 24.3 Å². The van der Waals surface area contributed by atoms with Gasteiger partial charge in [-0.2, -0.15) is 8.78 Å². The molecule has 1 aliphatic carbocycles. The van der Waals surface area contributed by atoms with Gasteiger partial charge in [-0.05, 0) is 37.1 Å². The number of nitrogens with one attached hydrogen (secondary N) is 2. The maximum Gasteiger partial charge on any atom is 0.387 e. The summed E-state index contributed by atoms with van der Waals surface area (Å²) in [5.41, 5.74) is 0.688. The van der Waals surface area contributed by atoms with Gasteiger partial charge in [-0.15, -0.1) is 0 Å². The molecule has 0 unspecified atom stereocenters. The molecule has 4 nitrogen and oxygen atoms in total. The minimum Gasteiger partial charge on any atom is -0.435 e. The molecule has 6 heteroatoms. The number of carbonyl (C=O) groups is 1. The van der Waals surface area contributed by atoms with Crippen molar-refractivity contribution in [2.75, 3.05) is 11.9 Å². The number of ether oxygens (including phenoxy) is 1. The van der Waals surface area contributed by atoms with Crippen LogP contribution in [0.4, 0.5) is 14.5 Å². The molecule has 0 atom stereocenters. The Kier molecular flexibility index (Phi) is 5.15. The van der Waals surface area contributed by atoms with Gasteiger partial charge in [0.1, 0.15) is 5.75 Å². The number of carbonyl (C=O) groups excluding carboxylic acids is 1. The van der Waals surface area contributed by atoms with Crippen LogP contribution in [0.5, 0.6) is 5.75 Å². The molecule has 0 radical (unpaired) electrons. The van der Waals surface area contributed by atoms with E-state index in [2.05, 4.69) is 15.4 Å². The topological polar surface area (TPSA) is 50.4 Å². The average molecular weight is 284 g/mol. The van der Waals surface area contributed by atoms with Crippen LogP contribution in [-0.4, -0.2) is 25.1 Å². The molecule has 0 saturated heterocycles. The van der Waals surface area contributed by atoms with Crippen LogP contribution in [0.3, 0.4) is 0 Å². The fraction of sp³-hybridized carbons (Fsp3) is 0.500. The Labute approximate surface area is 116 Å². The molecule has 0 heterocycles. The summed E-state index contributed by atoms with van der Waals surface area (Å²) in [4.78, 5) is 11.7. The Bertz CT molecular complexity index is 431. The third-order valence-electron chi connectivity index (χ3n) is 3.25. The van der Waals surface area contributed by atoms with Gasteiger partial charge in [-0.25, -0.2) is 0 Å². The Morgan fingerprint density at radius 1 is 1.25 bits per heavy atom. The van der Waals surface area contributed by atoms with E-state index in [9.17, 15) is 13.6 Å². The van der Waals surface area contributed by atoms with E-state index < -0.39 is 6.61 Å². The zero-order valence-electron chi connectivity index (χ0n) is 11.1. The van der Waals surface area contributed by atoms with Gasteiger partial charge in [0.05, 0.1) is 6.54 Å². The molecule has 1 aliphatic rings. The summed E-state index contributed by atoms with van der Waals surface area (Å²) in [5, 5.41) is 5.91. The van der Waals surface area contributed by atoms with E-state index in [1.54, 1.807) is 12.1 Å². The minimum atomic E-state index is -2.83. The van der Waals surface area contributed by atoms with Gasteiger partial charge in [0.25, 0.3) is 0 Å². The maximum atomic E-state index is 12.0. The molecule has 0 bridgehead atoms. The van der Waals surface area contributed by atoms with Crippen molar-refractivity contribution in [3.05, 3.63) is 24.3 Å². The van der Waals surface area contributed by atoms with Crippen LogP contribution in [-0.2, 0) is 4.79 Å². The van der Waals surface area contributed by atoms with E-state index in [-0.39, 0.29) is 18.2 Å². The SMILES string of the molecule is O=C(CNc1ccc(OC(F)F)cc1)NC1CCCC1. The molecule has 0 aliphatic heterocycles. The summed E-state index contributed by atoms with van der Waals surface area (Å²) in [5.74, 6) is 0.0470. The quantitative estimate of drug-likeness (QED) is 0.844. The number of benzene rings is 1. The van der Waals surface area contributed by atoms with Crippen LogP contribution >= 0.6 is 0 Å². The monoisotopic (exact) mass is 284 g/mol. The predicted molar refractivity (Wildman–Crippen MR) is 72.0 cm³/mol. The van der Waals surface area contributed by atoms with Crippen LogP contribution < -0.4 is 15.4 Å². The second kappa shape index (κ2) is 7.07. The van der Waals surface area contributed by atoms with Gasteiger partial charge >= 0.3 is 6.61 Å². The number of anilines is 1. The van der Waals surface area contributed by atoms with Crippen molar-refractivity contribution in [2.45, 2.75) is 38.3 Å². The first-order chi connectivity index (χ1) is 9.63. The number of alkyl halides is 2. The number of hydrogen-bond donors (Lipinski definition) is 2. The lowest BCUT2D eigenvalue weighted by Gasteiger charge is -2.13. The highest BCUT2D eigenvalue weighted by molar-refractivity contribution is 5.81. The van der Waals surface area contributed by atoms with E-state index in [0.717, 1.165) is 12.8 Å².